The van der Waals surface area contributed by atoms with Gasteiger partial charge in [-0.15, -0.1) is 0 Å². The summed E-state index contributed by atoms with van der Waals surface area (Å²) in [6.07, 6.45) is 0.466. The molecule has 0 saturated heterocycles. The molecule has 6 heteroatoms. The second-order valence-electron chi connectivity index (χ2n) is 4.85. The van der Waals surface area contributed by atoms with Crippen molar-refractivity contribution < 1.29 is 4.79 Å². The smallest absolute Gasteiger partial charge is 0.224 e. The number of anilines is 4. The predicted molar refractivity (Wildman–Crippen MR) is 89.6 cm³/mol. The van der Waals surface area contributed by atoms with Crippen molar-refractivity contribution in [2.24, 2.45) is 0 Å². The van der Waals surface area contributed by atoms with Crippen LogP contribution in [0.4, 0.5) is 23.1 Å². The number of rotatable bonds is 6. The molecule has 1 aromatic heterocycles. The Morgan fingerprint density at radius 2 is 1.77 bits per heavy atom. The van der Waals surface area contributed by atoms with E-state index in [2.05, 4.69) is 25.9 Å². The third-order valence-electron chi connectivity index (χ3n) is 2.95. The number of aromatic nitrogens is 2. The molecule has 2 aromatic rings. The Labute approximate surface area is 130 Å². The minimum Gasteiger partial charge on any atom is -0.354 e. The Balaban J connectivity index is 2.09. The van der Waals surface area contributed by atoms with Gasteiger partial charge in [-0.1, -0.05) is 6.92 Å². The van der Waals surface area contributed by atoms with Crippen molar-refractivity contribution in [2.45, 2.75) is 27.2 Å². The van der Waals surface area contributed by atoms with Gasteiger partial charge in [0.2, 0.25) is 11.9 Å². The number of carbonyl (C=O) groups is 1. The monoisotopic (exact) mass is 299 g/mol. The van der Waals surface area contributed by atoms with Crippen LogP contribution >= 0.6 is 0 Å². The second-order valence-corrected chi connectivity index (χ2v) is 4.85. The first kappa shape index (κ1) is 15.8. The molecule has 3 N–H and O–H groups in total. The molecule has 2 rings (SSSR count). The van der Waals surface area contributed by atoms with Gasteiger partial charge in [0.1, 0.15) is 5.82 Å². The fourth-order valence-corrected chi connectivity index (χ4v) is 1.90. The van der Waals surface area contributed by atoms with Gasteiger partial charge >= 0.3 is 0 Å². The SMILES string of the molecule is CCNc1nc(C)cc(Nc2ccc(NC(=O)CC)cc2)n1. The van der Waals surface area contributed by atoms with E-state index in [1.807, 2.05) is 51.1 Å². The fourth-order valence-electron chi connectivity index (χ4n) is 1.90. The molecule has 1 amide bonds. The molecule has 0 aliphatic carbocycles. The van der Waals surface area contributed by atoms with Crippen LogP contribution in [-0.2, 0) is 4.79 Å². The summed E-state index contributed by atoms with van der Waals surface area (Å²) < 4.78 is 0. The lowest BCUT2D eigenvalue weighted by molar-refractivity contribution is -0.115. The molecule has 0 aliphatic rings. The number of aryl methyl sites for hydroxylation is 1. The number of benzene rings is 1. The van der Waals surface area contributed by atoms with Crippen LogP contribution in [0.15, 0.2) is 30.3 Å². The van der Waals surface area contributed by atoms with E-state index in [0.29, 0.717) is 12.4 Å². The lowest BCUT2D eigenvalue weighted by atomic mass is 10.2. The average Bonchev–Trinajstić information content (AvgIpc) is 2.49. The maximum Gasteiger partial charge on any atom is 0.224 e. The molecule has 0 bridgehead atoms. The maximum atomic E-state index is 11.3. The number of amides is 1. The largest absolute Gasteiger partial charge is 0.354 e. The summed E-state index contributed by atoms with van der Waals surface area (Å²) in [6, 6.07) is 9.39. The van der Waals surface area contributed by atoms with Crippen molar-refractivity contribution in [3.8, 4) is 0 Å². The van der Waals surface area contributed by atoms with Crippen LogP contribution in [0, 0.1) is 6.92 Å². The first-order chi connectivity index (χ1) is 10.6. The quantitative estimate of drug-likeness (QED) is 0.762. The molecule has 0 saturated carbocycles. The van der Waals surface area contributed by atoms with Gasteiger partial charge in [0, 0.05) is 36.1 Å². The third-order valence-corrected chi connectivity index (χ3v) is 2.95. The summed E-state index contributed by atoms with van der Waals surface area (Å²) in [5.41, 5.74) is 2.57. The fraction of sp³-hybridized carbons (Fsp3) is 0.312. The van der Waals surface area contributed by atoms with Crippen molar-refractivity contribution >= 4 is 29.0 Å². The summed E-state index contributed by atoms with van der Waals surface area (Å²) in [4.78, 5) is 20.1. The minimum atomic E-state index is 0.00224. The molecule has 0 spiro atoms. The predicted octanol–water partition coefficient (Wildman–Crippen LogP) is 3.31. The van der Waals surface area contributed by atoms with Crippen LogP contribution in [0.1, 0.15) is 26.0 Å². The highest BCUT2D eigenvalue weighted by Crippen LogP contribution is 2.19. The number of hydrogen-bond acceptors (Lipinski definition) is 5. The maximum absolute atomic E-state index is 11.3. The Morgan fingerprint density at radius 1 is 1.09 bits per heavy atom. The molecule has 1 aromatic carbocycles. The molecular formula is C16H21N5O. The second kappa shape index (κ2) is 7.40. The molecule has 116 valence electrons. The average molecular weight is 299 g/mol. The molecule has 0 fully saturated rings. The van der Waals surface area contributed by atoms with Gasteiger partial charge < -0.3 is 16.0 Å². The van der Waals surface area contributed by atoms with Crippen LogP contribution in [0.25, 0.3) is 0 Å². The summed E-state index contributed by atoms with van der Waals surface area (Å²) >= 11 is 0. The first-order valence-corrected chi connectivity index (χ1v) is 7.37. The van der Waals surface area contributed by atoms with E-state index in [4.69, 9.17) is 0 Å². The van der Waals surface area contributed by atoms with Gasteiger partial charge in [-0.3, -0.25) is 4.79 Å². The molecule has 0 radical (unpaired) electrons. The number of hydrogen-bond donors (Lipinski definition) is 3. The van der Waals surface area contributed by atoms with Crippen LogP contribution in [0.5, 0.6) is 0 Å². The van der Waals surface area contributed by atoms with Crippen molar-refractivity contribution in [1.29, 1.82) is 0 Å². The topological polar surface area (TPSA) is 78.9 Å². The van der Waals surface area contributed by atoms with Gasteiger partial charge in [0.05, 0.1) is 0 Å². The van der Waals surface area contributed by atoms with Gasteiger partial charge in [-0.2, -0.15) is 4.98 Å². The number of nitrogens with zero attached hydrogens (tertiary/aromatic N) is 2. The Morgan fingerprint density at radius 3 is 2.41 bits per heavy atom. The van der Waals surface area contributed by atoms with Crippen molar-refractivity contribution in [3.63, 3.8) is 0 Å². The van der Waals surface area contributed by atoms with Gasteiger partial charge in [-0.25, -0.2) is 4.98 Å². The van der Waals surface area contributed by atoms with Crippen LogP contribution in [-0.4, -0.2) is 22.4 Å². The number of carbonyl (C=O) groups excluding carboxylic acids is 1. The molecule has 0 unspecified atom stereocenters. The van der Waals surface area contributed by atoms with E-state index in [1.165, 1.54) is 0 Å². The number of nitrogens with one attached hydrogen (secondary N) is 3. The van der Waals surface area contributed by atoms with E-state index in [-0.39, 0.29) is 5.91 Å². The zero-order valence-electron chi connectivity index (χ0n) is 13.1. The first-order valence-electron chi connectivity index (χ1n) is 7.37. The van der Waals surface area contributed by atoms with E-state index in [9.17, 15) is 4.79 Å². The van der Waals surface area contributed by atoms with Crippen LogP contribution in [0.3, 0.4) is 0 Å². The summed E-state index contributed by atoms with van der Waals surface area (Å²) in [7, 11) is 0. The van der Waals surface area contributed by atoms with E-state index in [1.54, 1.807) is 0 Å². The summed E-state index contributed by atoms with van der Waals surface area (Å²) in [5, 5.41) is 9.15. The van der Waals surface area contributed by atoms with E-state index < -0.39 is 0 Å². The van der Waals surface area contributed by atoms with Crippen molar-refractivity contribution in [1.82, 2.24) is 9.97 Å². The third kappa shape index (κ3) is 4.44. The molecule has 6 nitrogen and oxygen atoms in total. The highest BCUT2D eigenvalue weighted by Gasteiger charge is 2.03. The Hall–Kier alpha value is -2.63. The normalized spacial score (nSPS) is 10.1. The van der Waals surface area contributed by atoms with Crippen molar-refractivity contribution in [3.05, 3.63) is 36.0 Å². The molecule has 0 aliphatic heterocycles. The molecule has 22 heavy (non-hydrogen) atoms. The van der Waals surface area contributed by atoms with E-state index in [0.717, 1.165) is 29.4 Å². The molecule has 1 heterocycles. The van der Waals surface area contributed by atoms with Gasteiger partial charge in [0.15, 0.2) is 0 Å². The highest BCUT2D eigenvalue weighted by molar-refractivity contribution is 5.90. The Kier molecular flexibility index (Phi) is 5.30. The van der Waals surface area contributed by atoms with Gasteiger partial charge in [-0.05, 0) is 38.1 Å². The highest BCUT2D eigenvalue weighted by atomic mass is 16.1. The van der Waals surface area contributed by atoms with Crippen LogP contribution < -0.4 is 16.0 Å². The van der Waals surface area contributed by atoms with E-state index >= 15 is 0 Å². The minimum absolute atomic E-state index is 0.00224. The lowest BCUT2D eigenvalue weighted by Crippen LogP contribution is -2.09. The zero-order valence-corrected chi connectivity index (χ0v) is 13.1. The summed E-state index contributed by atoms with van der Waals surface area (Å²) in [6.45, 7) is 6.53. The lowest BCUT2D eigenvalue weighted by Gasteiger charge is -2.10. The van der Waals surface area contributed by atoms with Gasteiger partial charge in [0.25, 0.3) is 0 Å². The van der Waals surface area contributed by atoms with Crippen LogP contribution in [0.2, 0.25) is 0 Å². The van der Waals surface area contributed by atoms with Crippen molar-refractivity contribution in [2.75, 3.05) is 22.5 Å². The molecular weight excluding hydrogens is 278 g/mol. The summed E-state index contributed by atoms with van der Waals surface area (Å²) in [5.74, 6) is 1.34. The Bertz CT molecular complexity index is 639. The molecule has 0 atom stereocenters. The standard InChI is InChI=1S/C16H21N5O/c1-4-15(22)20-13-8-6-12(7-9-13)19-14-10-11(3)18-16(21-14)17-5-2/h6-10H,4-5H2,1-3H3,(H,20,22)(H2,17,18,19,21). The zero-order chi connectivity index (χ0) is 15.9.